The van der Waals surface area contributed by atoms with Crippen LogP contribution in [0, 0.1) is 0 Å². The average molecular weight is 520 g/mol. The molecule has 0 fully saturated rings. The Morgan fingerprint density at radius 1 is 1.00 bits per heavy atom. The Hall–Kier alpha value is -3.95. The first-order valence-corrected chi connectivity index (χ1v) is 11.2. The molecule has 0 spiro atoms. The van der Waals surface area contributed by atoms with Crippen LogP contribution in [-0.4, -0.2) is 49.6 Å². The third-order valence-electron chi connectivity index (χ3n) is 5.06. The summed E-state index contributed by atoms with van der Waals surface area (Å²) >= 11 is 0. The van der Waals surface area contributed by atoms with Crippen molar-refractivity contribution in [1.82, 2.24) is 5.32 Å². The Balaban J connectivity index is 2.39. The van der Waals surface area contributed by atoms with Crippen LogP contribution in [0.3, 0.4) is 0 Å². The summed E-state index contributed by atoms with van der Waals surface area (Å²) in [6, 6.07) is 10.1. The number of carbonyl (C=O) groups excluding carboxylic acids is 4. The Morgan fingerprint density at radius 2 is 1.65 bits per heavy atom. The number of nitrogens with one attached hydrogen (secondary N) is 1. The second-order valence-electron chi connectivity index (χ2n) is 9.18. The van der Waals surface area contributed by atoms with Crippen molar-refractivity contribution in [3.63, 3.8) is 0 Å². The Morgan fingerprint density at radius 3 is 2.22 bits per heavy atom. The Bertz CT molecular complexity index is 1180. The highest BCUT2D eigenvalue weighted by Crippen LogP contribution is 2.37. The summed E-state index contributed by atoms with van der Waals surface area (Å²) in [5.41, 5.74) is -1.86. The first-order valence-electron chi connectivity index (χ1n) is 11.2. The number of carbonyl (C=O) groups is 4. The van der Waals surface area contributed by atoms with Crippen LogP contribution in [0.4, 0.5) is 18.0 Å². The maximum Gasteiger partial charge on any atom is 0.417 e. The van der Waals surface area contributed by atoms with Crippen LogP contribution in [0.5, 0.6) is 0 Å². The molecule has 0 aliphatic heterocycles. The van der Waals surface area contributed by atoms with Crippen LogP contribution in [0.25, 0.3) is 5.57 Å². The minimum atomic E-state index is -4.86. The molecule has 0 saturated carbocycles. The lowest BCUT2D eigenvalue weighted by molar-refractivity contribution is -0.143. The molecule has 0 unspecified atom stereocenters. The quantitative estimate of drug-likeness (QED) is 0.289. The number of alkyl carbamates (subject to hydrolysis) is 1. The van der Waals surface area contributed by atoms with Gasteiger partial charge in [-0.1, -0.05) is 42.5 Å². The highest BCUT2D eigenvalue weighted by Gasteiger charge is 2.37. The zero-order valence-corrected chi connectivity index (χ0v) is 20.8. The summed E-state index contributed by atoms with van der Waals surface area (Å²) in [4.78, 5) is 47.3. The molecule has 0 heterocycles. The number of methoxy groups -OCH3 is 1. The molecule has 198 valence electrons. The summed E-state index contributed by atoms with van der Waals surface area (Å²) in [6.07, 6.45) is -5.53. The van der Waals surface area contributed by atoms with Crippen LogP contribution >= 0.6 is 0 Å². The van der Waals surface area contributed by atoms with Crippen LogP contribution in [0.15, 0.2) is 54.1 Å². The predicted molar refractivity (Wildman–Crippen MR) is 130 cm³/mol. The summed E-state index contributed by atoms with van der Waals surface area (Å²) in [5, 5.41) is 2.44. The number of ether oxygens (including phenoxy) is 2. The molecule has 37 heavy (non-hydrogen) atoms. The van der Waals surface area contributed by atoms with Gasteiger partial charge in [0.25, 0.3) is 0 Å². The van der Waals surface area contributed by atoms with Gasteiger partial charge in [-0.05, 0) is 43.5 Å². The van der Waals surface area contributed by atoms with E-state index in [0.717, 1.165) is 13.2 Å². The van der Waals surface area contributed by atoms with E-state index in [1.54, 1.807) is 32.9 Å². The molecule has 0 saturated heterocycles. The summed E-state index contributed by atoms with van der Waals surface area (Å²) in [7, 11) is 1.15. The van der Waals surface area contributed by atoms with Gasteiger partial charge in [0.05, 0.1) is 12.7 Å². The summed E-state index contributed by atoms with van der Waals surface area (Å²) in [5.74, 6) is -0.737. The van der Waals surface area contributed by atoms with Gasteiger partial charge in [-0.25, -0.2) is 9.59 Å². The molecule has 0 radical (unpaired) electrons. The summed E-state index contributed by atoms with van der Waals surface area (Å²) < 4.78 is 51.9. The molecule has 2 aromatic rings. The van der Waals surface area contributed by atoms with Crippen molar-refractivity contribution in [3.8, 4) is 0 Å². The fourth-order valence-electron chi connectivity index (χ4n) is 3.60. The highest BCUT2D eigenvalue weighted by molar-refractivity contribution is 5.91. The first-order chi connectivity index (χ1) is 17.3. The fraction of sp³-hybridized carbons (Fsp3) is 0.333. The van der Waals surface area contributed by atoms with E-state index in [1.807, 2.05) is 0 Å². The van der Waals surface area contributed by atoms with Crippen LogP contribution in [0.2, 0.25) is 0 Å². The molecule has 0 aliphatic rings. The van der Waals surface area contributed by atoms with Crippen LogP contribution < -0.4 is 5.32 Å². The molecule has 2 rings (SSSR count). The second kappa shape index (κ2) is 12.3. The maximum absolute atomic E-state index is 14.0. The molecule has 1 N–H and O–H groups in total. The molecule has 7 nitrogen and oxygen atoms in total. The number of allylic oxidation sites excluding steroid dienone is 2. The van der Waals surface area contributed by atoms with Gasteiger partial charge in [-0.3, -0.25) is 9.59 Å². The van der Waals surface area contributed by atoms with E-state index < -0.39 is 41.0 Å². The number of rotatable bonds is 9. The van der Waals surface area contributed by atoms with Gasteiger partial charge in [0.2, 0.25) is 0 Å². The average Bonchev–Trinajstić information content (AvgIpc) is 2.81. The molecule has 2 aromatic carbocycles. The van der Waals surface area contributed by atoms with E-state index in [9.17, 15) is 32.3 Å². The van der Waals surface area contributed by atoms with E-state index in [1.165, 1.54) is 30.3 Å². The van der Waals surface area contributed by atoms with Gasteiger partial charge in [0, 0.05) is 24.0 Å². The summed E-state index contributed by atoms with van der Waals surface area (Å²) in [6.45, 7) is 4.98. The van der Waals surface area contributed by atoms with Gasteiger partial charge >= 0.3 is 18.2 Å². The number of hydrogen-bond donors (Lipinski definition) is 1. The van der Waals surface area contributed by atoms with Crippen molar-refractivity contribution in [3.05, 3.63) is 76.4 Å². The smallest absolute Gasteiger partial charge is 0.417 e. The van der Waals surface area contributed by atoms with Crippen LogP contribution in [-0.2, 0) is 31.9 Å². The minimum absolute atomic E-state index is 0.0343. The van der Waals surface area contributed by atoms with Crippen molar-refractivity contribution in [2.45, 2.75) is 51.4 Å². The first kappa shape index (κ1) is 29.3. The number of alkyl halides is 3. The van der Waals surface area contributed by atoms with E-state index in [0.29, 0.717) is 17.4 Å². The molecule has 0 aliphatic carbocycles. The van der Waals surface area contributed by atoms with Crippen molar-refractivity contribution in [1.29, 1.82) is 0 Å². The van der Waals surface area contributed by atoms with Gasteiger partial charge in [-0.15, -0.1) is 0 Å². The number of esters is 1. The number of amides is 1. The second-order valence-corrected chi connectivity index (χ2v) is 9.18. The molecule has 0 bridgehead atoms. The van der Waals surface area contributed by atoms with Crippen molar-refractivity contribution in [2.75, 3.05) is 7.11 Å². The SMILES string of the molecule is COC(=O)[C@H](Cc1cccc(C/C(C=O)=C(/c2cccc(C=O)c2)C(F)(F)F)c1)NC(=O)OC(C)(C)C. The maximum atomic E-state index is 14.0. The molecule has 1 atom stereocenters. The highest BCUT2D eigenvalue weighted by atomic mass is 19.4. The minimum Gasteiger partial charge on any atom is -0.467 e. The Kier molecular flexibility index (Phi) is 9.76. The van der Waals surface area contributed by atoms with Crippen molar-refractivity contribution < 1.29 is 41.8 Å². The number of benzene rings is 2. The number of halogens is 3. The molecule has 0 aromatic heterocycles. The predicted octanol–water partition coefficient (Wildman–Crippen LogP) is 4.87. The monoisotopic (exact) mass is 519 g/mol. The molecular formula is C27H28F3NO6. The fourth-order valence-corrected chi connectivity index (χ4v) is 3.60. The number of hydrogen-bond acceptors (Lipinski definition) is 6. The van der Waals surface area contributed by atoms with Gasteiger partial charge in [0.15, 0.2) is 0 Å². The molecular weight excluding hydrogens is 491 g/mol. The zero-order chi connectivity index (χ0) is 27.8. The molecule has 10 heteroatoms. The molecule has 1 amide bonds. The van der Waals surface area contributed by atoms with E-state index in [-0.39, 0.29) is 30.3 Å². The normalized spacial score (nSPS) is 13.2. The van der Waals surface area contributed by atoms with Gasteiger partial charge < -0.3 is 14.8 Å². The zero-order valence-electron chi connectivity index (χ0n) is 20.8. The van der Waals surface area contributed by atoms with Crippen molar-refractivity contribution >= 4 is 30.2 Å². The van der Waals surface area contributed by atoms with Gasteiger partial charge in [-0.2, -0.15) is 13.2 Å². The standard InChI is InChI=1S/C27H28F3NO6/c1-26(2,3)37-25(35)31-22(24(34)36-4)14-18-8-5-7-17(11-18)12-21(16-33)23(27(28,29)30)20-10-6-9-19(13-20)15-32/h5-11,13,15-16,22H,12,14H2,1-4H3,(H,31,35)/b23-21+/t22-/m0/s1. The lowest BCUT2D eigenvalue weighted by Crippen LogP contribution is -2.45. The van der Waals surface area contributed by atoms with E-state index in [2.05, 4.69) is 5.32 Å². The topological polar surface area (TPSA) is 98.8 Å². The van der Waals surface area contributed by atoms with Crippen molar-refractivity contribution in [2.24, 2.45) is 0 Å². The van der Waals surface area contributed by atoms with E-state index in [4.69, 9.17) is 9.47 Å². The van der Waals surface area contributed by atoms with Gasteiger partial charge in [0.1, 0.15) is 24.2 Å². The third-order valence-corrected chi connectivity index (χ3v) is 5.06. The third kappa shape index (κ3) is 8.89. The lowest BCUT2D eigenvalue weighted by atomic mass is 9.93. The van der Waals surface area contributed by atoms with Crippen LogP contribution in [0.1, 0.15) is 47.8 Å². The number of aldehydes is 2. The largest absolute Gasteiger partial charge is 0.467 e. The Labute approximate surface area is 212 Å². The van der Waals surface area contributed by atoms with E-state index >= 15 is 0 Å². The lowest BCUT2D eigenvalue weighted by Gasteiger charge is -2.22.